The lowest BCUT2D eigenvalue weighted by Gasteiger charge is -2.37. The lowest BCUT2D eigenvalue weighted by molar-refractivity contribution is -0.151. The number of hydrogen-bond acceptors (Lipinski definition) is 3. The summed E-state index contributed by atoms with van der Waals surface area (Å²) in [5, 5.41) is 9.76. The molecule has 0 aromatic carbocycles. The Kier molecular flexibility index (Phi) is 6.49. The van der Waals surface area contributed by atoms with Crippen molar-refractivity contribution in [1.29, 1.82) is 0 Å². The highest BCUT2D eigenvalue weighted by Gasteiger charge is 2.31. The number of nitrogens with zero attached hydrogens (tertiary/aromatic N) is 1. The van der Waals surface area contributed by atoms with E-state index < -0.39 is 0 Å². The van der Waals surface area contributed by atoms with Crippen LogP contribution in [0.15, 0.2) is 0 Å². The van der Waals surface area contributed by atoms with Crippen LogP contribution in [0.5, 0.6) is 0 Å². The van der Waals surface area contributed by atoms with Crippen molar-refractivity contribution in [3.8, 4) is 0 Å². The van der Waals surface area contributed by atoms with Gasteiger partial charge in [-0.25, -0.2) is 0 Å². The number of carbonyl (C=O) groups is 1. The predicted molar refractivity (Wildman–Crippen MR) is 83.0 cm³/mol. The van der Waals surface area contributed by atoms with Crippen molar-refractivity contribution in [1.82, 2.24) is 4.90 Å². The summed E-state index contributed by atoms with van der Waals surface area (Å²) in [5.74, 6) is 0.350. The highest BCUT2D eigenvalue weighted by Crippen LogP contribution is 2.25. The van der Waals surface area contributed by atoms with Crippen molar-refractivity contribution >= 4 is 5.91 Å². The fourth-order valence-electron chi connectivity index (χ4n) is 3.57. The summed E-state index contributed by atoms with van der Waals surface area (Å²) in [6, 6.07) is 0. The molecule has 2 rings (SSSR count). The van der Waals surface area contributed by atoms with Gasteiger partial charge in [0.25, 0.3) is 5.91 Å². The van der Waals surface area contributed by atoms with E-state index in [1.54, 1.807) is 0 Å². The molecule has 3 unspecified atom stereocenters. The van der Waals surface area contributed by atoms with E-state index in [4.69, 9.17) is 4.74 Å². The van der Waals surface area contributed by atoms with Crippen LogP contribution in [0.1, 0.15) is 65.2 Å². The maximum absolute atomic E-state index is 12.7. The topological polar surface area (TPSA) is 49.8 Å². The second-order valence-corrected chi connectivity index (χ2v) is 6.72. The van der Waals surface area contributed by atoms with Gasteiger partial charge in [-0.3, -0.25) is 4.79 Å². The van der Waals surface area contributed by atoms with Crippen molar-refractivity contribution in [2.75, 3.05) is 13.1 Å². The molecule has 2 fully saturated rings. The van der Waals surface area contributed by atoms with Gasteiger partial charge in [-0.05, 0) is 39.0 Å². The molecule has 0 spiro atoms. The van der Waals surface area contributed by atoms with Gasteiger partial charge in [-0.15, -0.1) is 0 Å². The zero-order chi connectivity index (χ0) is 15.2. The monoisotopic (exact) mass is 297 g/mol. The van der Waals surface area contributed by atoms with E-state index >= 15 is 0 Å². The molecular formula is C17H31NO3. The van der Waals surface area contributed by atoms with Gasteiger partial charge in [0.15, 0.2) is 0 Å². The molecule has 0 radical (unpaired) electrons. The molecule has 1 saturated carbocycles. The summed E-state index contributed by atoms with van der Waals surface area (Å²) in [6.07, 6.45) is 8.33. The second kappa shape index (κ2) is 8.14. The smallest absolute Gasteiger partial charge is 0.251 e. The van der Waals surface area contributed by atoms with Crippen LogP contribution in [0.4, 0.5) is 0 Å². The van der Waals surface area contributed by atoms with Gasteiger partial charge in [0.1, 0.15) is 6.10 Å². The lowest BCUT2D eigenvalue weighted by atomic mass is 9.93. The van der Waals surface area contributed by atoms with Gasteiger partial charge in [-0.1, -0.05) is 26.2 Å². The number of carbonyl (C=O) groups excluding carboxylic acids is 1. The van der Waals surface area contributed by atoms with Gasteiger partial charge >= 0.3 is 0 Å². The Hall–Kier alpha value is -0.610. The quantitative estimate of drug-likeness (QED) is 0.849. The van der Waals surface area contributed by atoms with Crippen LogP contribution in [0.3, 0.4) is 0 Å². The normalized spacial score (nSPS) is 27.4. The summed E-state index contributed by atoms with van der Waals surface area (Å²) in [4.78, 5) is 14.6. The molecule has 1 saturated heterocycles. The number of amides is 1. The van der Waals surface area contributed by atoms with E-state index in [-0.39, 0.29) is 30.1 Å². The molecule has 4 heteroatoms. The summed E-state index contributed by atoms with van der Waals surface area (Å²) < 4.78 is 6.10. The molecule has 1 amide bonds. The molecule has 2 aliphatic rings. The number of rotatable bonds is 5. The number of piperidine rings is 1. The van der Waals surface area contributed by atoms with Gasteiger partial charge in [0.05, 0.1) is 12.2 Å². The van der Waals surface area contributed by atoms with Crippen molar-refractivity contribution in [3.63, 3.8) is 0 Å². The first-order valence-corrected chi connectivity index (χ1v) is 8.74. The van der Waals surface area contributed by atoms with E-state index in [9.17, 15) is 9.90 Å². The van der Waals surface area contributed by atoms with Crippen LogP contribution in [-0.2, 0) is 9.53 Å². The van der Waals surface area contributed by atoms with Crippen molar-refractivity contribution in [2.45, 2.75) is 83.5 Å². The van der Waals surface area contributed by atoms with Crippen LogP contribution >= 0.6 is 0 Å². The van der Waals surface area contributed by atoms with Crippen LogP contribution in [-0.4, -0.2) is 47.3 Å². The SMILES string of the molecule is CCC(OC1CCCCC1)C(=O)N1CCCC(C(C)O)C1. The third-order valence-electron chi connectivity index (χ3n) is 5.01. The predicted octanol–water partition coefficient (Wildman–Crippen LogP) is 2.73. The number of aliphatic hydroxyl groups is 1. The maximum atomic E-state index is 12.7. The Balaban J connectivity index is 1.89. The molecule has 1 aliphatic carbocycles. The highest BCUT2D eigenvalue weighted by atomic mass is 16.5. The number of ether oxygens (including phenoxy) is 1. The Morgan fingerprint density at radius 1 is 1.24 bits per heavy atom. The molecule has 4 nitrogen and oxygen atoms in total. The van der Waals surface area contributed by atoms with Crippen molar-refractivity contribution < 1.29 is 14.6 Å². The molecule has 1 aliphatic heterocycles. The van der Waals surface area contributed by atoms with Gasteiger partial charge < -0.3 is 14.7 Å². The van der Waals surface area contributed by atoms with Crippen LogP contribution in [0.25, 0.3) is 0 Å². The summed E-state index contributed by atoms with van der Waals surface area (Å²) in [5.41, 5.74) is 0. The van der Waals surface area contributed by atoms with E-state index in [0.717, 1.165) is 38.6 Å². The molecule has 0 aromatic heterocycles. The number of likely N-dealkylation sites (tertiary alicyclic amines) is 1. The molecular weight excluding hydrogens is 266 g/mol. The Morgan fingerprint density at radius 3 is 2.57 bits per heavy atom. The highest BCUT2D eigenvalue weighted by molar-refractivity contribution is 5.81. The first-order chi connectivity index (χ1) is 10.1. The zero-order valence-electron chi connectivity index (χ0n) is 13.6. The van der Waals surface area contributed by atoms with Gasteiger partial charge in [0, 0.05) is 19.0 Å². The van der Waals surface area contributed by atoms with E-state index in [2.05, 4.69) is 0 Å². The third-order valence-corrected chi connectivity index (χ3v) is 5.01. The minimum atomic E-state index is -0.333. The molecule has 0 bridgehead atoms. The Morgan fingerprint density at radius 2 is 1.95 bits per heavy atom. The van der Waals surface area contributed by atoms with Crippen molar-refractivity contribution in [3.05, 3.63) is 0 Å². The maximum Gasteiger partial charge on any atom is 0.251 e. The zero-order valence-corrected chi connectivity index (χ0v) is 13.6. The molecule has 0 aromatic rings. The Bertz CT molecular complexity index is 326. The largest absolute Gasteiger partial charge is 0.393 e. The standard InChI is InChI=1S/C17H31NO3/c1-3-16(21-15-9-5-4-6-10-15)17(20)18-11-7-8-14(12-18)13(2)19/h13-16,19H,3-12H2,1-2H3. The minimum Gasteiger partial charge on any atom is -0.393 e. The van der Waals surface area contributed by atoms with E-state index in [1.807, 2.05) is 18.7 Å². The van der Waals surface area contributed by atoms with Crippen LogP contribution in [0, 0.1) is 5.92 Å². The summed E-state index contributed by atoms with van der Waals surface area (Å²) in [6.45, 7) is 5.35. The summed E-state index contributed by atoms with van der Waals surface area (Å²) >= 11 is 0. The average Bonchev–Trinajstić information content (AvgIpc) is 2.53. The summed E-state index contributed by atoms with van der Waals surface area (Å²) in [7, 11) is 0. The fraction of sp³-hybridized carbons (Fsp3) is 0.941. The Labute approximate surface area is 128 Å². The molecule has 1 heterocycles. The van der Waals surface area contributed by atoms with Gasteiger partial charge in [-0.2, -0.15) is 0 Å². The van der Waals surface area contributed by atoms with Crippen LogP contribution < -0.4 is 0 Å². The molecule has 122 valence electrons. The van der Waals surface area contributed by atoms with Crippen molar-refractivity contribution in [2.24, 2.45) is 5.92 Å². The first-order valence-electron chi connectivity index (χ1n) is 8.74. The fourth-order valence-corrected chi connectivity index (χ4v) is 3.57. The second-order valence-electron chi connectivity index (χ2n) is 6.72. The molecule has 21 heavy (non-hydrogen) atoms. The van der Waals surface area contributed by atoms with Gasteiger partial charge in [0.2, 0.25) is 0 Å². The number of hydrogen-bond donors (Lipinski definition) is 1. The van der Waals surface area contributed by atoms with Crippen LogP contribution in [0.2, 0.25) is 0 Å². The lowest BCUT2D eigenvalue weighted by Crippen LogP contribution is -2.48. The average molecular weight is 297 g/mol. The first kappa shape index (κ1) is 16.8. The molecule has 3 atom stereocenters. The minimum absolute atomic E-state index is 0.133. The third kappa shape index (κ3) is 4.68. The number of aliphatic hydroxyl groups excluding tert-OH is 1. The van der Waals surface area contributed by atoms with E-state index in [0.29, 0.717) is 6.54 Å². The van der Waals surface area contributed by atoms with E-state index in [1.165, 1.54) is 19.3 Å². The molecule has 1 N–H and O–H groups in total.